The standard InChI is InChI=1S/7C10H8O3S.Mn/c7*11-14(12,13)10-7-3-5-8-4-1-2-6-9(8)10;/h7*1-7H,(H,11,12,13);/q;;;;;;;+7/p-7. The number of hydrogen-bond donors (Lipinski definition) is 0. The van der Waals surface area contributed by atoms with Crippen molar-refractivity contribution < 1.29 is 108 Å². The molecule has 0 saturated carbocycles. The summed E-state index contributed by atoms with van der Waals surface area (Å²) in [6.45, 7) is 0. The van der Waals surface area contributed by atoms with Gasteiger partial charge in [0, 0.05) is 0 Å². The predicted octanol–water partition coefficient (Wildman–Crippen LogP) is 12.2. The molecule has 0 heterocycles. The van der Waals surface area contributed by atoms with Gasteiger partial charge in [0.25, 0.3) is 0 Å². The molecule has 14 rings (SSSR count). The molecule has 0 aliphatic heterocycles. The maximum atomic E-state index is 10.9. The molecule has 0 bridgehead atoms. The molecule has 0 N–H and O–H groups in total. The van der Waals surface area contributed by atoms with E-state index in [0.717, 1.165) is 37.7 Å². The molecule has 0 fully saturated rings. The molecule has 14 aromatic rings. The number of benzene rings is 14. The third-order valence-corrected chi connectivity index (χ3v) is 20.4. The molecular formula is C70H49MnO21S7. The van der Waals surface area contributed by atoms with E-state index in [1.807, 2.05) is 0 Å². The van der Waals surface area contributed by atoms with Crippen molar-refractivity contribution in [3.05, 3.63) is 297 Å². The van der Waals surface area contributed by atoms with Gasteiger partial charge in [-0.25, -0.2) is 58.9 Å². The topological polar surface area (TPSA) is 400 Å². The van der Waals surface area contributed by atoms with Gasteiger partial charge in [-0.05, 0) is 118 Å². The zero-order valence-electron chi connectivity index (χ0n) is 50.6. The van der Waals surface area contributed by atoms with Crippen LogP contribution in [-0.4, -0.2) is 90.8 Å². The first-order valence-corrected chi connectivity index (χ1v) is 38.0. The minimum absolute atomic E-state index is 0. The summed E-state index contributed by atoms with van der Waals surface area (Å²) < 4.78 is 229. The Morgan fingerprint density at radius 3 is 0.333 bits per heavy atom. The minimum atomic E-state index is -4.38. The molecule has 0 saturated heterocycles. The van der Waals surface area contributed by atoms with Crippen LogP contribution in [0.25, 0.3) is 75.4 Å². The van der Waals surface area contributed by atoms with Gasteiger partial charge < -0.3 is 31.9 Å². The van der Waals surface area contributed by atoms with Gasteiger partial charge >= 0.3 is 17.1 Å². The zero-order chi connectivity index (χ0) is 71.3. The maximum absolute atomic E-state index is 10.9. The van der Waals surface area contributed by atoms with Crippen LogP contribution in [0.3, 0.4) is 0 Å². The second-order valence-corrected chi connectivity index (χ2v) is 30.0. The molecule has 0 aliphatic rings. The molecule has 0 amide bonds. The summed E-state index contributed by atoms with van der Waals surface area (Å²) in [6, 6.07) is 80.8. The Morgan fingerprint density at radius 1 is 0.141 bits per heavy atom. The SMILES string of the molecule is O=S(=O)([O-])c1cccc2ccccc12.O=S(=O)([O-])c1cccc2ccccc12.O=S(=O)([O-])c1cccc2ccccc12.O=S(=O)([O-])c1cccc2ccccc12.O=S(=O)([O-])c1cccc2ccccc12.O=S(=O)([O-])c1cccc2ccccc12.O=S(=O)([O-])c1cccc2ccccc12.[Mn+7]. The van der Waals surface area contributed by atoms with Crippen LogP contribution in [0.2, 0.25) is 0 Å². The van der Waals surface area contributed by atoms with Crippen LogP contribution in [-0.2, 0) is 87.9 Å². The van der Waals surface area contributed by atoms with Crippen molar-refractivity contribution in [2.24, 2.45) is 0 Å². The van der Waals surface area contributed by atoms with Crippen molar-refractivity contribution in [1.29, 1.82) is 0 Å². The summed E-state index contributed by atoms with van der Waals surface area (Å²) >= 11 is 0. The Bertz CT molecular complexity index is 5030. The average Bonchev–Trinajstić information content (AvgIpc) is 0.869. The van der Waals surface area contributed by atoms with E-state index in [-0.39, 0.29) is 51.3 Å². The van der Waals surface area contributed by atoms with E-state index in [0.29, 0.717) is 37.7 Å². The van der Waals surface area contributed by atoms with Gasteiger partial charge in [0.15, 0.2) is 0 Å². The number of hydrogen-bond acceptors (Lipinski definition) is 21. The Kier molecular flexibility index (Phi) is 25.4. The van der Waals surface area contributed by atoms with E-state index in [2.05, 4.69) is 0 Å². The van der Waals surface area contributed by atoms with Crippen molar-refractivity contribution in [2.45, 2.75) is 34.3 Å². The molecule has 504 valence electrons. The summed E-state index contributed by atoms with van der Waals surface area (Å²) in [4.78, 5) is -1.10. The summed E-state index contributed by atoms with van der Waals surface area (Å²) in [5.41, 5.74) is 0. The van der Waals surface area contributed by atoms with Crippen molar-refractivity contribution in [3.63, 3.8) is 0 Å². The molecule has 29 heteroatoms. The first-order chi connectivity index (χ1) is 46.1. The maximum Gasteiger partial charge on any atom is 7.00 e. The van der Waals surface area contributed by atoms with Crippen molar-refractivity contribution in [2.75, 3.05) is 0 Å². The summed E-state index contributed by atoms with van der Waals surface area (Å²) in [5.74, 6) is 0. The second kappa shape index (κ2) is 32.6. The fourth-order valence-electron chi connectivity index (χ4n) is 9.90. The smallest absolute Gasteiger partial charge is 0.744 e. The van der Waals surface area contributed by atoms with Gasteiger partial charge in [-0.15, -0.1) is 0 Å². The van der Waals surface area contributed by atoms with E-state index < -0.39 is 70.8 Å². The molecule has 0 radical (unpaired) electrons. The first kappa shape index (κ1) is 77.1. The van der Waals surface area contributed by atoms with Gasteiger partial charge in [-0.2, -0.15) is 0 Å². The zero-order valence-corrected chi connectivity index (χ0v) is 57.5. The van der Waals surface area contributed by atoms with Crippen LogP contribution in [0.4, 0.5) is 0 Å². The predicted molar refractivity (Wildman–Crippen MR) is 363 cm³/mol. The molecule has 14 aromatic carbocycles. The van der Waals surface area contributed by atoms with Crippen molar-refractivity contribution in [3.8, 4) is 0 Å². The van der Waals surface area contributed by atoms with E-state index >= 15 is 0 Å². The molecular weight excluding hydrogens is 1460 g/mol. The molecule has 0 unspecified atom stereocenters. The van der Waals surface area contributed by atoms with Crippen LogP contribution in [0.1, 0.15) is 0 Å². The number of rotatable bonds is 7. The summed E-state index contributed by atoms with van der Waals surface area (Å²) in [5, 5.41) is 8.62. The molecule has 0 aromatic heterocycles. The summed E-state index contributed by atoms with van der Waals surface area (Å²) in [6.07, 6.45) is 0. The molecule has 0 spiro atoms. The summed E-state index contributed by atoms with van der Waals surface area (Å²) in [7, 11) is -30.7. The fraction of sp³-hybridized carbons (Fsp3) is 0. The van der Waals surface area contributed by atoms with Crippen LogP contribution in [0.15, 0.2) is 332 Å². The Labute approximate surface area is 581 Å². The minimum Gasteiger partial charge on any atom is -0.744 e. The molecule has 0 aliphatic carbocycles. The normalized spacial score (nSPS) is 11.7. The quantitative estimate of drug-likeness (QED) is 0.106. The van der Waals surface area contributed by atoms with Gasteiger partial charge in [0.1, 0.15) is 70.8 Å². The number of fused-ring (bicyclic) bond motifs is 7. The Hall–Kier alpha value is -9.21. The van der Waals surface area contributed by atoms with Gasteiger partial charge in [0.2, 0.25) is 0 Å². The largest absolute Gasteiger partial charge is 7.00 e. The van der Waals surface area contributed by atoms with E-state index in [1.165, 1.54) is 42.5 Å². The third kappa shape index (κ3) is 20.7. The fourth-order valence-corrected chi connectivity index (χ4v) is 14.8. The second-order valence-electron chi connectivity index (χ2n) is 20.5. The van der Waals surface area contributed by atoms with Crippen LogP contribution in [0, 0.1) is 0 Å². The van der Waals surface area contributed by atoms with Crippen LogP contribution >= 0.6 is 0 Å². The van der Waals surface area contributed by atoms with Gasteiger partial charge in [0.05, 0.1) is 34.3 Å². The monoisotopic (exact) mass is 1500 g/mol. The van der Waals surface area contributed by atoms with E-state index in [9.17, 15) is 90.8 Å². The van der Waals surface area contributed by atoms with Crippen molar-refractivity contribution >= 4 is 146 Å². The van der Waals surface area contributed by atoms with Crippen LogP contribution in [0.5, 0.6) is 0 Å². The molecule has 21 nitrogen and oxygen atoms in total. The first-order valence-electron chi connectivity index (χ1n) is 28.2. The van der Waals surface area contributed by atoms with Gasteiger partial charge in [-0.1, -0.05) is 255 Å². The van der Waals surface area contributed by atoms with E-state index in [1.54, 1.807) is 255 Å². The molecule has 99 heavy (non-hydrogen) atoms. The van der Waals surface area contributed by atoms with Gasteiger partial charge in [-0.3, -0.25) is 0 Å². The van der Waals surface area contributed by atoms with Crippen molar-refractivity contribution in [1.82, 2.24) is 0 Å². The third-order valence-electron chi connectivity index (χ3n) is 14.1. The molecule has 0 atom stereocenters. The Morgan fingerprint density at radius 2 is 0.232 bits per heavy atom. The average molecular weight is 1510 g/mol. The van der Waals surface area contributed by atoms with E-state index in [4.69, 9.17) is 0 Å². The Balaban J connectivity index is 0.000000162. The van der Waals surface area contributed by atoms with Crippen LogP contribution < -0.4 is 0 Å².